The standard InChI is InChI=1S/C11H12N2O3/c1-13-10(9(12)11(13)14)6-2-3-7-8(4-6)16-5-15-7/h2-4,9-10H,5,12H2,1H3/t9-,10-/m0/s1. The third kappa shape index (κ3) is 1.12. The van der Waals surface area contributed by atoms with Crippen molar-refractivity contribution in [2.24, 2.45) is 5.73 Å². The molecule has 2 N–H and O–H groups in total. The maximum Gasteiger partial charge on any atom is 0.242 e. The van der Waals surface area contributed by atoms with Crippen molar-refractivity contribution in [1.29, 1.82) is 0 Å². The maximum absolute atomic E-state index is 11.3. The van der Waals surface area contributed by atoms with E-state index in [4.69, 9.17) is 15.2 Å². The SMILES string of the molecule is CN1C(=O)[C@@H](N)[C@@H]1c1ccc2c(c1)OCO2. The molecule has 0 aromatic heterocycles. The topological polar surface area (TPSA) is 64.8 Å². The summed E-state index contributed by atoms with van der Waals surface area (Å²) in [5, 5.41) is 0. The minimum absolute atomic E-state index is 0.0253. The summed E-state index contributed by atoms with van der Waals surface area (Å²) in [7, 11) is 1.75. The average Bonchev–Trinajstić information content (AvgIpc) is 2.76. The van der Waals surface area contributed by atoms with Crippen LogP contribution in [0.5, 0.6) is 11.5 Å². The fraction of sp³-hybridized carbons (Fsp3) is 0.364. The quantitative estimate of drug-likeness (QED) is 0.689. The lowest BCUT2D eigenvalue weighted by atomic mass is 9.90. The van der Waals surface area contributed by atoms with E-state index in [1.807, 2.05) is 18.2 Å². The van der Waals surface area contributed by atoms with Crippen LogP contribution in [0.1, 0.15) is 11.6 Å². The minimum Gasteiger partial charge on any atom is -0.454 e. The molecule has 0 bridgehead atoms. The Labute approximate surface area is 92.7 Å². The summed E-state index contributed by atoms with van der Waals surface area (Å²) in [6.07, 6.45) is 0. The second kappa shape index (κ2) is 3.12. The molecule has 1 amide bonds. The molecule has 16 heavy (non-hydrogen) atoms. The van der Waals surface area contributed by atoms with Gasteiger partial charge < -0.3 is 20.1 Å². The zero-order valence-electron chi connectivity index (χ0n) is 8.84. The molecule has 84 valence electrons. The van der Waals surface area contributed by atoms with Crippen molar-refractivity contribution in [1.82, 2.24) is 4.90 Å². The second-order valence-electron chi connectivity index (χ2n) is 4.03. The van der Waals surface area contributed by atoms with Gasteiger partial charge in [-0.2, -0.15) is 0 Å². The van der Waals surface area contributed by atoms with Crippen LogP contribution in [0.3, 0.4) is 0 Å². The number of amides is 1. The lowest BCUT2D eigenvalue weighted by Gasteiger charge is -2.43. The van der Waals surface area contributed by atoms with Gasteiger partial charge in [-0.15, -0.1) is 0 Å². The van der Waals surface area contributed by atoms with E-state index in [0.717, 1.165) is 17.1 Å². The first-order valence-electron chi connectivity index (χ1n) is 5.10. The highest BCUT2D eigenvalue weighted by atomic mass is 16.7. The van der Waals surface area contributed by atoms with Crippen LogP contribution in [-0.4, -0.2) is 30.7 Å². The largest absolute Gasteiger partial charge is 0.454 e. The number of β-lactam (4-membered cyclic amide) rings is 1. The van der Waals surface area contributed by atoms with Gasteiger partial charge in [-0.1, -0.05) is 6.07 Å². The molecule has 2 aliphatic heterocycles. The van der Waals surface area contributed by atoms with E-state index in [9.17, 15) is 4.79 Å². The van der Waals surface area contributed by atoms with E-state index in [1.54, 1.807) is 11.9 Å². The number of carbonyl (C=O) groups excluding carboxylic acids is 1. The fourth-order valence-electron chi connectivity index (χ4n) is 2.19. The molecule has 2 aliphatic rings. The average molecular weight is 220 g/mol. The van der Waals surface area contributed by atoms with E-state index in [2.05, 4.69) is 0 Å². The van der Waals surface area contributed by atoms with Crippen molar-refractivity contribution in [2.75, 3.05) is 13.8 Å². The van der Waals surface area contributed by atoms with Gasteiger partial charge in [-0.05, 0) is 17.7 Å². The fourth-order valence-corrected chi connectivity index (χ4v) is 2.19. The molecular weight excluding hydrogens is 208 g/mol. The molecule has 3 rings (SSSR count). The third-order valence-corrected chi connectivity index (χ3v) is 3.13. The predicted octanol–water partition coefficient (Wildman–Crippen LogP) is 0.256. The predicted molar refractivity (Wildman–Crippen MR) is 56.1 cm³/mol. The summed E-state index contributed by atoms with van der Waals surface area (Å²) in [4.78, 5) is 13.0. The number of nitrogens with zero attached hydrogens (tertiary/aromatic N) is 1. The maximum atomic E-state index is 11.3. The summed E-state index contributed by atoms with van der Waals surface area (Å²) in [6, 6.07) is 5.16. The van der Waals surface area contributed by atoms with Crippen LogP contribution in [0, 0.1) is 0 Å². The molecule has 0 radical (unpaired) electrons. The highest BCUT2D eigenvalue weighted by Crippen LogP contribution is 2.38. The van der Waals surface area contributed by atoms with E-state index in [0.29, 0.717) is 0 Å². The molecule has 5 nitrogen and oxygen atoms in total. The molecule has 1 saturated heterocycles. The van der Waals surface area contributed by atoms with Gasteiger partial charge in [0.25, 0.3) is 0 Å². The number of likely N-dealkylation sites (tertiary alicyclic amines) is 1. The van der Waals surface area contributed by atoms with Crippen molar-refractivity contribution in [3.05, 3.63) is 23.8 Å². The molecule has 5 heteroatoms. The lowest BCUT2D eigenvalue weighted by Crippen LogP contribution is -2.61. The zero-order valence-corrected chi connectivity index (χ0v) is 8.84. The zero-order chi connectivity index (χ0) is 11.3. The van der Waals surface area contributed by atoms with Gasteiger partial charge in [0.2, 0.25) is 12.7 Å². The summed E-state index contributed by atoms with van der Waals surface area (Å²) in [5.74, 6) is 1.44. The van der Waals surface area contributed by atoms with Crippen molar-refractivity contribution < 1.29 is 14.3 Å². The third-order valence-electron chi connectivity index (χ3n) is 3.13. The Balaban J connectivity index is 1.93. The smallest absolute Gasteiger partial charge is 0.242 e. The molecule has 1 fully saturated rings. The lowest BCUT2D eigenvalue weighted by molar-refractivity contribution is -0.147. The second-order valence-corrected chi connectivity index (χ2v) is 4.03. The summed E-state index contributed by atoms with van der Waals surface area (Å²) in [5.41, 5.74) is 6.76. The van der Waals surface area contributed by atoms with Crippen LogP contribution in [-0.2, 0) is 4.79 Å². The Morgan fingerprint density at radius 3 is 2.88 bits per heavy atom. The van der Waals surface area contributed by atoms with Crippen molar-refractivity contribution in [2.45, 2.75) is 12.1 Å². The van der Waals surface area contributed by atoms with Crippen molar-refractivity contribution in [3.8, 4) is 11.5 Å². The van der Waals surface area contributed by atoms with Crippen molar-refractivity contribution >= 4 is 5.91 Å². The van der Waals surface area contributed by atoms with Crippen LogP contribution in [0.15, 0.2) is 18.2 Å². The number of carbonyl (C=O) groups is 1. The van der Waals surface area contributed by atoms with Crippen molar-refractivity contribution in [3.63, 3.8) is 0 Å². The van der Waals surface area contributed by atoms with E-state index in [1.165, 1.54) is 0 Å². The van der Waals surface area contributed by atoms with Gasteiger partial charge in [0.05, 0.1) is 6.04 Å². The Morgan fingerprint density at radius 2 is 2.12 bits per heavy atom. The van der Waals surface area contributed by atoms with Gasteiger partial charge in [0.1, 0.15) is 6.04 Å². The normalized spacial score (nSPS) is 26.9. The van der Waals surface area contributed by atoms with Crippen LogP contribution >= 0.6 is 0 Å². The number of likely N-dealkylation sites (N-methyl/N-ethyl adjacent to an activating group) is 1. The van der Waals surface area contributed by atoms with E-state index < -0.39 is 6.04 Å². The number of fused-ring (bicyclic) bond motifs is 1. The van der Waals surface area contributed by atoms with Gasteiger partial charge in [0.15, 0.2) is 11.5 Å². The Morgan fingerprint density at radius 1 is 1.38 bits per heavy atom. The highest BCUT2D eigenvalue weighted by molar-refractivity contribution is 5.89. The van der Waals surface area contributed by atoms with Crippen LogP contribution < -0.4 is 15.2 Å². The number of nitrogens with two attached hydrogens (primary N) is 1. The highest BCUT2D eigenvalue weighted by Gasteiger charge is 2.43. The van der Waals surface area contributed by atoms with Gasteiger partial charge in [-0.25, -0.2) is 0 Å². The number of benzene rings is 1. The number of hydrogen-bond donors (Lipinski definition) is 1. The minimum atomic E-state index is -0.439. The Hall–Kier alpha value is -1.75. The van der Waals surface area contributed by atoms with E-state index in [-0.39, 0.29) is 18.7 Å². The molecule has 2 heterocycles. The first-order valence-corrected chi connectivity index (χ1v) is 5.10. The summed E-state index contributed by atoms with van der Waals surface area (Å²) >= 11 is 0. The molecule has 0 saturated carbocycles. The van der Waals surface area contributed by atoms with Crippen LogP contribution in [0.2, 0.25) is 0 Å². The molecule has 0 aliphatic carbocycles. The van der Waals surface area contributed by atoms with Gasteiger partial charge in [0, 0.05) is 7.05 Å². The molecule has 0 spiro atoms. The number of hydrogen-bond acceptors (Lipinski definition) is 4. The summed E-state index contributed by atoms with van der Waals surface area (Å²) in [6.45, 7) is 0.254. The molecular formula is C11H12N2O3. The van der Waals surface area contributed by atoms with E-state index >= 15 is 0 Å². The van der Waals surface area contributed by atoms with Gasteiger partial charge in [-0.3, -0.25) is 4.79 Å². The number of rotatable bonds is 1. The summed E-state index contributed by atoms with van der Waals surface area (Å²) < 4.78 is 10.5. The monoisotopic (exact) mass is 220 g/mol. The Kier molecular flexibility index (Phi) is 1.85. The molecule has 2 atom stereocenters. The first-order chi connectivity index (χ1) is 7.68. The van der Waals surface area contributed by atoms with Crippen LogP contribution in [0.4, 0.5) is 0 Å². The van der Waals surface area contributed by atoms with Crippen LogP contribution in [0.25, 0.3) is 0 Å². The number of ether oxygens (including phenoxy) is 2. The van der Waals surface area contributed by atoms with Gasteiger partial charge >= 0.3 is 0 Å². The molecule has 0 unspecified atom stereocenters. The first kappa shape index (κ1) is 9.47. The molecule has 1 aromatic rings. The molecule has 1 aromatic carbocycles. The Bertz CT molecular complexity index is 449.